The third kappa shape index (κ3) is 5.82. The Hall–Kier alpha value is -1.36. The molecule has 0 aromatic carbocycles. The molecule has 0 saturated carbocycles. The summed E-state index contributed by atoms with van der Waals surface area (Å²) in [4.78, 5) is 23.3. The smallest absolute Gasteiger partial charge is 0.325 e. The molecule has 2 N–H and O–H groups in total. The normalized spacial score (nSPS) is 12.1. The van der Waals surface area contributed by atoms with E-state index in [1.54, 1.807) is 11.3 Å². The van der Waals surface area contributed by atoms with Crippen LogP contribution in [-0.2, 0) is 16.0 Å². The molecule has 1 rings (SSSR count). The van der Waals surface area contributed by atoms with Crippen LogP contribution < -0.4 is 5.32 Å². The minimum absolute atomic E-state index is 0.180. The quantitative estimate of drug-likeness (QED) is 0.712. The number of amides is 1. The van der Waals surface area contributed by atoms with Crippen molar-refractivity contribution < 1.29 is 14.7 Å². The highest BCUT2D eigenvalue weighted by Gasteiger charge is 2.12. The molecule has 4 nitrogen and oxygen atoms in total. The van der Waals surface area contributed by atoms with Crippen molar-refractivity contribution in [1.82, 2.24) is 5.32 Å². The van der Waals surface area contributed by atoms with Crippen LogP contribution in [0.2, 0.25) is 0 Å². The van der Waals surface area contributed by atoms with E-state index in [-0.39, 0.29) is 5.91 Å². The van der Waals surface area contributed by atoms with Gasteiger partial charge in [-0.05, 0) is 37.6 Å². The highest BCUT2D eigenvalue weighted by atomic mass is 32.1. The molecule has 0 radical (unpaired) electrons. The minimum atomic E-state index is -0.999. The monoisotopic (exact) mass is 269 g/mol. The van der Waals surface area contributed by atoms with E-state index in [4.69, 9.17) is 5.11 Å². The van der Waals surface area contributed by atoms with E-state index in [0.29, 0.717) is 6.42 Å². The molecule has 0 spiro atoms. The molecule has 1 heterocycles. The number of carboxylic acids is 1. The van der Waals surface area contributed by atoms with Gasteiger partial charge >= 0.3 is 5.97 Å². The van der Waals surface area contributed by atoms with Crippen molar-refractivity contribution in [3.8, 4) is 0 Å². The second-order valence-electron chi connectivity index (χ2n) is 4.27. The summed E-state index contributed by atoms with van der Waals surface area (Å²) in [5.74, 6) is -1.18. The fourth-order valence-corrected chi connectivity index (χ4v) is 2.34. The van der Waals surface area contributed by atoms with Crippen LogP contribution in [-0.4, -0.2) is 23.0 Å². The van der Waals surface area contributed by atoms with Gasteiger partial charge in [0.2, 0.25) is 5.91 Å². The molecule has 1 amide bonds. The van der Waals surface area contributed by atoms with Crippen molar-refractivity contribution in [2.24, 2.45) is 0 Å². The van der Waals surface area contributed by atoms with Crippen LogP contribution in [0.5, 0.6) is 0 Å². The molecule has 0 aliphatic heterocycles. The maximum Gasteiger partial charge on any atom is 0.325 e. The number of nitrogens with one attached hydrogen (secondary N) is 1. The third-order valence-corrected chi connectivity index (χ3v) is 3.59. The first-order chi connectivity index (χ1) is 8.59. The highest BCUT2D eigenvalue weighted by Crippen LogP contribution is 2.13. The van der Waals surface area contributed by atoms with E-state index >= 15 is 0 Å². The average Bonchev–Trinajstić information content (AvgIpc) is 2.81. The number of rotatable bonds is 8. The number of aliphatic carboxylic acids is 1. The lowest BCUT2D eigenvalue weighted by Gasteiger charge is -2.08. The maximum atomic E-state index is 11.4. The Morgan fingerprint density at radius 2 is 2.17 bits per heavy atom. The van der Waals surface area contributed by atoms with Gasteiger partial charge in [0.25, 0.3) is 0 Å². The fraction of sp³-hybridized carbons (Fsp3) is 0.538. The number of carbonyl (C=O) groups excluding carboxylic acids is 1. The van der Waals surface area contributed by atoms with E-state index in [1.165, 1.54) is 11.8 Å². The van der Waals surface area contributed by atoms with Crippen LogP contribution in [0.15, 0.2) is 17.5 Å². The first-order valence-electron chi connectivity index (χ1n) is 6.14. The second-order valence-corrected chi connectivity index (χ2v) is 5.30. The molecule has 1 aromatic rings. The number of carboxylic acid groups (broad SMARTS) is 1. The van der Waals surface area contributed by atoms with Crippen molar-refractivity contribution in [2.75, 3.05) is 0 Å². The summed E-state index contributed by atoms with van der Waals surface area (Å²) >= 11 is 1.75. The fourth-order valence-electron chi connectivity index (χ4n) is 1.59. The summed E-state index contributed by atoms with van der Waals surface area (Å²) in [6.07, 6.45) is 4.34. The lowest BCUT2D eigenvalue weighted by molar-refractivity contribution is -0.141. The number of aryl methyl sites for hydroxylation is 1. The van der Waals surface area contributed by atoms with Crippen molar-refractivity contribution in [3.05, 3.63) is 22.4 Å². The average molecular weight is 269 g/mol. The minimum Gasteiger partial charge on any atom is -0.480 e. The van der Waals surface area contributed by atoms with Crippen LogP contribution >= 0.6 is 11.3 Å². The number of unbranched alkanes of at least 4 members (excludes halogenated alkanes) is 2. The summed E-state index contributed by atoms with van der Waals surface area (Å²) in [6.45, 7) is 1.47. The van der Waals surface area contributed by atoms with Gasteiger partial charge in [-0.2, -0.15) is 0 Å². The van der Waals surface area contributed by atoms with E-state index in [0.717, 1.165) is 25.7 Å². The van der Waals surface area contributed by atoms with Gasteiger partial charge in [0, 0.05) is 11.3 Å². The SMILES string of the molecule is C[C@@H](NC(=O)CCCCCc1cccs1)C(=O)O. The van der Waals surface area contributed by atoms with Crippen LogP contribution in [0, 0.1) is 0 Å². The van der Waals surface area contributed by atoms with Gasteiger partial charge in [0.05, 0.1) is 0 Å². The highest BCUT2D eigenvalue weighted by molar-refractivity contribution is 7.09. The molecule has 1 aromatic heterocycles. The van der Waals surface area contributed by atoms with Gasteiger partial charge in [-0.15, -0.1) is 11.3 Å². The predicted molar refractivity (Wildman–Crippen MR) is 71.7 cm³/mol. The lowest BCUT2D eigenvalue weighted by atomic mass is 10.1. The van der Waals surface area contributed by atoms with Gasteiger partial charge in [0.15, 0.2) is 0 Å². The zero-order valence-corrected chi connectivity index (χ0v) is 11.3. The van der Waals surface area contributed by atoms with Crippen molar-refractivity contribution in [1.29, 1.82) is 0 Å². The van der Waals surface area contributed by atoms with Crippen LogP contribution in [0.3, 0.4) is 0 Å². The summed E-state index contributed by atoms with van der Waals surface area (Å²) in [7, 11) is 0. The number of carbonyl (C=O) groups is 2. The third-order valence-electron chi connectivity index (χ3n) is 2.66. The molecular formula is C13H19NO3S. The molecule has 100 valence electrons. The van der Waals surface area contributed by atoms with Crippen molar-refractivity contribution >= 4 is 23.2 Å². The summed E-state index contributed by atoms with van der Waals surface area (Å²) in [6, 6.07) is 3.36. The summed E-state index contributed by atoms with van der Waals surface area (Å²) in [5, 5.41) is 13.1. The van der Waals surface area contributed by atoms with Gasteiger partial charge in [0.1, 0.15) is 6.04 Å². The number of hydrogen-bond acceptors (Lipinski definition) is 3. The molecule has 5 heteroatoms. The Labute approximate surface area is 111 Å². The molecule has 0 unspecified atom stereocenters. The zero-order chi connectivity index (χ0) is 13.4. The van der Waals surface area contributed by atoms with Gasteiger partial charge in [-0.3, -0.25) is 9.59 Å². The molecule has 0 aliphatic rings. The zero-order valence-electron chi connectivity index (χ0n) is 10.5. The Morgan fingerprint density at radius 1 is 1.39 bits per heavy atom. The van der Waals surface area contributed by atoms with E-state index in [9.17, 15) is 9.59 Å². The first-order valence-corrected chi connectivity index (χ1v) is 7.02. The molecular weight excluding hydrogens is 250 g/mol. The predicted octanol–water partition coefficient (Wildman–Crippen LogP) is 2.44. The largest absolute Gasteiger partial charge is 0.480 e. The summed E-state index contributed by atoms with van der Waals surface area (Å²) < 4.78 is 0. The Bertz CT molecular complexity index is 376. The molecule has 1 atom stereocenters. The van der Waals surface area contributed by atoms with E-state index < -0.39 is 12.0 Å². The second kappa shape index (κ2) is 7.87. The standard InChI is InChI=1S/C13H19NO3S/c1-10(13(16)17)14-12(15)8-4-2-3-6-11-7-5-9-18-11/h5,7,9-10H,2-4,6,8H2,1H3,(H,14,15)(H,16,17)/t10-/m1/s1. The maximum absolute atomic E-state index is 11.4. The van der Waals surface area contributed by atoms with Crippen LogP contribution in [0.1, 0.15) is 37.5 Å². The Morgan fingerprint density at radius 3 is 2.78 bits per heavy atom. The van der Waals surface area contributed by atoms with Crippen molar-refractivity contribution in [2.45, 2.75) is 45.1 Å². The van der Waals surface area contributed by atoms with Crippen LogP contribution in [0.4, 0.5) is 0 Å². The Balaban J connectivity index is 2.03. The van der Waals surface area contributed by atoms with Gasteiger partial charge < -0.3 is 10.4 Å². The van der Waals surface area contributed by atoms with Crippen LogP contribution in [0.25, 0.3) is 0 Å². The van der Waals surface area contributed by atoms with E-state index in [1.807, 2.05) is 6.07 Å². The molecule has 18 heavy (non-hydrogen) atoms. The topological polar surface area (TPSA) is 66.4 Å². The van der Waals surface area contributed by atoms with Crippen molar-refractivity contribution in [3.63, 3.8) is 0 Å². The summed E-state index contributed by atoms with van der Waals surface area (Å²) in [5.41, 5.74) is 0. The van der Waals surface area contributed by atoms with Gasteiger partial charge in [-0.25, -0.2) is 0 Å². The van der Waals surface area contributed by atoms with Gasteiger partial charge in [-0.1, -0.05) is 12.5 Å². The lowest BCUT2D eigenvalue weighted by Crippen LogP contribution is -2.38. The molecule has 0 aliphatic carbocycles. The number of hydrogen-bond donors (Lipinski definition) is 2. The molecule has 0 fully saturated rings. The molecule has 0 saturated heterocycles. The Kier molecular flexibility index (Phi) is 6.43. The number of thiophene rings is 1. The van der Waals surface area contributed by atoms with E-state index in [2.05, 4.69) is 16.8 Å². The molecule has 0 bridgehead atoms. The first kappa shape index (κ1) is 14.7.